The van der Waals surface area contributed by atoms with Crippen molar-refractivity contribution in [2.45, 2.75) is 24.2 Å². The third kappa shape index (κ3) is 4.20. The van der Waals surface area contributed by atoms with E-state index >= 15 is 0 Å². The summed E-state index contributed by atoms with van der Waals surface area (Å²) in [6, 6.07) is 14.9. The molecule has 1 aliphatic rings. The van der Waals surface area contributed by atoms with Crippen LogP contribution in [-0.4, -0.2) is 47.2 Å². The highest BCUT2D eigenvalue weighted by Gasteiger charge is 2.35. The van der Waals surface area contributed by atoms with Gasteiger partial charge in [-0.15, -0.1) is 0 Å². The highest BCUT2D eigenvalue weighted by molar-refractivity contribution is 7.99. The third-order valence-corrected chi connectivity index (χ3v) is 7.65. The normalized spacial score (nSPS) is 18.2. The molecule has 1 amide bonds. The van der Waals surface area contributed by atoms with Crippen LogP contribution >= 0.6 is 11.8 Å². The number of halogens is 2. The van der Waals surface area contributed by atoms with Gasteiger partial charge in [0.25, 0.3) is 0 Å². The molecule has 1 fully saturated rings. The van der Waals surface area contributed by atoms with Crippen LogP contribution in [0.5, 0.6) is 0 Å². The second-order valence-electron chi connectivity index (χ2n) is 6.98. The zero-order valence-electron chi connectivity index (χ0n) is 15.8. The van der Waals surface area contributed by atoms with E-state index in [1.165, 1.54) is 4.90 Å². The first-order valence-electron chi connectivity index (χ1n) is 9.31. The number of rotatable bonds is 6. The Morgan fingerprint density at radius 3 is 2.53 bits per heavy atom. The van der Waals surface area contributed by atoms with Gasteiger partial charge in [-0.3, -0.25) is 9.36 Å². The molecule has 0 aliphatic carbocycles. The fourth-order valence-corrected chi connectivity index (χ4v) is 6.21. The number of carbonyl (C=O) groups excluding carboxylic acids is 1. The van der Waals surface area contributed by atoms with Crippen LogP contribution in [0.1, 0.15) is 13.0 Å². The van der Waals surface area contributed by atoms with Crippen LogP contribution in [0.25, 0.3) is 11.0 Å². The summed E-state index contributed by atoms with van der Waals surface area (Å²) in [5.74, 6) is -0.557. The molecule has 1 aromatic heterocycles. The second-order valence-corrected chi connectivity index (χ2v) is 10.1. The number of benzene rings is 2. The molecule has 10 heteroatoms. The highest BCUT2D eigenvalue weighted by atomic mass is 32.2. The summed E-state index contributed by atoms with van der Waals surface area (Å²) in [6.45, 7) is -2.79. The van der Waals surface area contributed by atoms with E-state index in [-0.39, 0.29) is 28.3 Å². The van der Waals surface area contributed by atoms with Gasteiger partial charge in [0.05, 0.1) is 34.3 Å². The van der Waals surface area contributed by atoms with Gasteiger partial charge in [-0.25, -0.2) is 13.4 Å². The molecule has 1 aliphatic heterocycles. The molecule has 0 saturated carbocycles. The Labute approximate surface area is 176 Å². The highest BCUT2D eigenvalue weighted by Crippen LogP contribution is 2.31. The second kappa shape index (κ2) is 8.35. The van der Waals surface area contributed by atoms with Crippen LogP contribution in [0.3, 0.4) is 0 Å². The lowest BCUT2D eigenvalue weighted by atomic mass is 10.2. The van der Waals surface area contributed by atoms with Crippen molar-refractivity contribution in [1.82, 2.24) is 9.55 Å². The number of anilines is 1. The first-order chi connectivity index (χ1) is 14.4. The third-order valence-electron chi connectivity index (χ3n) is 4.96. The zero-order valence-corrected chi connectivity index (χ0v) is 17.5. The summed E-state index contributed by atoms with van der Waals surface area (Å²) in [4.78, 5) is 18.8. The van der Waals surface area contributed by atoms with Crippen molar-refractivity contribution in [3.05, 3.63) is 54.6 Å². The number of fused-ring (bicyclic) bond motifs is 1. The monoisotopic (exact) mass is 451 g/mol. The average Bonchev–Trinajstić information content (AvgIpc) is 3.27. The van der Waals surface area contributed by atoms with Crippen LogP contribution in [0, 0.1) is 0 Å². The van der Waals surface area contributed by atoms with Gasteiger partial charge in [0.1, 0.15) is 0 Å². The smallest absolute Gasteiger partial charge is 0.308 e. The summed E-state index contributed by atoms with van der Waals surface area (Å²) in [5, 5.41) is 0.0478. The maximum Gasteiger partial charge on any atom is 0.321 e. The zero-order chi connectivity index (χ0) is 21.3. The number of aromatic nitrogens is 2. The fourth-order valence-electron chi connectivity index (χ4n) is 3.63. The van der Waals surface area contributed by atoms with E-state index in [1.807, 2.05) is 0 Å². The van der Waals surface area contributed by atoms with Crippen molar-refractivity contribution >= 4 is 44.2 Å². The molecule has 30 heavy (non-hydrogen) atoms. The predicted molar refractivity (Wildman–Crippen MR) is 113 cm³/mol. The fraction of sp³-hybridized carbons (Fsp3) is 0.300. The number of amides is 1. The van der Waals surface area contributed by atoms with E-state index < -0.39 is 22.4 Å². The van der Waals surface area contributed by atoms with Gasteiger partial charge in [-0.1, -0.05) is 42.1 Å². The summed E-state index contributed by atoms with van der Waals surface area (Å²) in [6.07, 6.45) is 0.350. The average molecular weight is 452 g/mol. The van der Waals surface area contributed by atoms with Gasteiger partial charge in [0.15, 0.2) is 15.0 Å². The summed E-state index contributed by atoms with van der Waals surface area (Å²) < 4.78 is 52.0. The van der Waals surface area contributed by atoms with Gasteiger partial charge < -0.3 is 4.90 Å². The van der Waals surface area contributed by atoms with E-state index in [4.69, 9.17) is 0 Å². The van der Waals surface area contributed by atoms with Crippen molar-refractivity contribution in [1.29, 1.82) is 0 Å². The van der Waals surface area contributed by atoms with Gasteiger partial charge in [-0.05, 0) is 30.7 Å². The lowest BCUT2D eigenvalue weighted by Crippen LogP contribution is -2.42. The number of imidazole rings is 1. The van der Waals surface area contributed by atoms with Crippen molar-refractivity contribution in [3.8, 4) is 0 Å². The summed E-state index contributed by atoms with van der Waals surface area (Å²) in [5.41, 5.74) is 1.31. The number of nitrogens with zero attached hydrogens (tertiary/aromatic N) is 3. The number of sulfone groups is 1. The molecule has 2 aromatic carbocycles. The lowest BCUT2D eigenvalue weighted by Gasteiger charge is -2.28. The van der Waals surface area contributed by atoms with E-state index in [0.717, 1.165) is 16.3 Å². The topological polar surface area (TPSA) is 72.3 Å². The van der Waals surface area contributed by atoms with Gasteiger partial charge in [-0.2, -0.15) is 8.78 Å². The van der Waals surface area contributed by atoms with Gasteiger partial charge in [0.2, 0.25) is 5.91 Å². The minimum absolute atomic E-state index is 0.0304. The molecule has 4 rings (SSSR count). The molecule has 1 unspecified atom stereocenters. The standard InChI is InChI=1S/C20H19F2N3O3S2/c21-19(22)25-17-9-5-4-8-16(17)23-20(25)29-12-18(26)24(14-6-2-1-3-7-14)15-10-11-30(27,28)13-15/h1-9,15,19H,10-13H2. The molecule has 2 heterocycles. The molecular weight excluding hydrogens is 432 g/mol. The van der Waals surface area contributed by atoms with Crippen LogP contribution in [0.4, 0.5) is 14.5 Å². The van der Waals surface area contributed by atoms with E-state index in [0.29, 0.717) is 23.1 Å². The summed E-state index contributed by atoms with van der Waals surface area (Å²) in [7, 11) is -3.20. The molecular formula is C20H19F2N3O3S2. The van der Waals surface area contributed by atoms with E-state index in [1.54, 1.807) is 54.6 Å². The maximum absolute atomic E-state index is 13.6. The predicted octanol–water partition coefficient (Wildman–Crippen LogP) is 3.74. The molecule has 158 valence electrons. The minimum atomic E-state index is -3.20. The Balaban J connectivity index is 1.59. The molecule has 0 radical (unpaired) electrons. The van der Waals surface area contributed by atoms with Crippen LogP contribution in [-0.2, 0) is 14.6 Å². The Kier molecular flexibility index (Phi) is 5.79. The maximum atomic E-state index is 13.6. The largest absolute Gasteiger partial charge is 0.321 e. The van der Waals surface area contributed by atoms with Crippen LogP contribution < -0.4 is 4.90 Å². The number of hydrogen-bond donors (Lipinski definition) is 0. The molecule has 1 saturated heterocycles. The molecule has 6 nitrogen and oxygen atoms in total. The van der Waals surface area contributed by atoms with Crippen molar-refractivity contribution in [2.24, 2.45) is 0 Å². The van der Waals surface area contributed by atoms with Gasteiger partial charge in [0, 0.05) is 5.69 Å². The van der Waals surface area contributed by atoms with E-state index in [9.17, 15) is 22.0 Å². The Morgan fingerprint density at radius 2 is 1.87 bits per heavy atom. The number of carbonyl (C=O) groups is 1. The molecule has 0 spiro atoms. The Hall–Kier alpha value is -2.46. The van der Waals surface area contributed by atoms with Crippen LogP contribution in [0.2, 0.25) is 0 Å². The minimum Gasteiger partial charge on any atom is -0.308 e. The molecule has 0 N–H and O–H groups in total. The Morgan fingerprint density at radius 1 is 1.17 bits per heavy atom. The van der Waals surface area contributed by atoms with Gasteiger partial charge >= 0.3 is 6.55 Å². The van der Waals surface area contributed by atoms with E-state index in [2.05, 4.69) is 4.98 Å². The summed E-state index contributed by atoms with van der Waals surface area (Å²) >= 11 is 0.922. The first-order valence-corrected chi connectivity index (χ1v) is 12.1. The van der Waals surface area contributed by atoms with Crippen molar-refractivity contribution in [2.75, 3.05) is 22.2 Å². The Bertz CT molecular complexity index is 1170. The quantitative estimate of drug-likeness (QED) is 0.534. The number of alkyl halides is 2. The lowest BCUT2D eigenvalue weighted by molar-refractivity contribution is -0.116. The van der Waals surface area contributed by atoms with Crippen LogP contribution in [0.15, 0.2) is 59.8 Å². The molecule has 0 bridgehead atoms. The first kappa shape index (κ1) is 20.8. The van der Waals surface area contributed by atoms with Crippen molar-refractivity contribution in [3.63, 3.8) is 0 Å². The molecule has 1 atom stereocenters. The van der Waals surface area contributed by atoms with Crippen molar-refractivity contribution < 1.29 is 22.0 Å². The molecule has 3 aromatic rings. The number of thioether (sulfide) groups is 1. The number of para-hydroxylation sites is 3. The SMILES string of the molecule is O=C(CSc1nc2ccccc2n1C(F)F)N(c1ccccc1)C1CCS(=O)(=O)C1. The number of hydrogen-bond acceptors (Lipinski definition) is 5.